The third-order valence-corrected chi connectivity index (χ3v) is 8.15. The second-order valence-corrected chi connectivity index (χ2v) is 13.3. The average molecular weight is 607 g/mol. The molecule has 44 heavy (non-hydrogen) atoms. The number of aryl methyl sites for hydroxylation is 2. The summed E-state index contributed by atoms with van der Waals surface area (Å²) in [5.74, 6) is 0.428. The van der Waals surface area contributed by atoms with Crippen LogP contribution in [0.15, 0.2) is 36.4 Å². The van der Waals surface area contributed by atoms with Gasteiger partial charge in [0, 0.05) is 36.8 Å². The van der Waals surface area contributed by atoms with Gasteiger partial charge in [0.25, 0.3) is 0 Å². The van der Waals surface area contributed by atoms with Crippen molar-refractivity contribution < 1.29 is 28.8 Å². The third kappa shape index (κ3) is 7.42. The zero-order valence-electron chi connectivity index (χ0n) is 27.1. The van der Waals surface area contributed by atoms with Crippen molar-refractivity contribution >= 4 is 17.4 Å². The van der Waals surface area contributed by atoms with E-state index >= 15 is 0 Å². The van der Waals surface area contributed by atoms with Crippen molar-refractivity contribution in [2.75, 3.05) is 24.6 Å². The zero-order valence-corrected chi connectivity index (χ0v) is 27.1. The summed E-state index contributed by atoms with van der Waals surface area (Å²) >= 11 is 0. The average Bonchev–Trinajstić information content (AvgIpc) is 3.34. The van der Waals surface area contributed by atoms with Gasteiger partial charge in [-0.25, -0.2) is 9.78 Å². The fourth-order valence-corrected chi connectivity index (χ4v) is 5.84. The number of aromatic nitrogens is 3. The molecule has 0 unspecified atom stereocenters. The van der Waals surface area contributed by atoms with Gasteiger partial charge in [-0.15, -0.1) is 0 Å². The van der Waals surface area contributed by atoms with Crippen molar-refractivity contribution in [1.29, 1.82) is 0 Å². The quantitative estimate of drug-likeness (QED) is 0.354. The number of rotatable bonds is 3. The fraction of sp³-hybridized carbons (Fsp3) is 0.559. The number of piperidine rings is 1. The summed E-state index contributed by atoms with van der Waals surface area (Å²) in [5, 5.41) is 15.3. The minimum Gasteiger partial charge on any atom is -0.490 e. The number of aliphatic carboxylic acids is 1. The highest BCUT2D eigenvalue weighted by Crippen LogP contribution is 2.38. The molecule has 1 aromatic carbocycles. The predicted octanol–water partition coefficient (Wildman–Crippen LogP) is 6.11. The molecule has 3 aliphatic rings. The summed E-state index contributed by atoms with van der Waals surface area (Å²) in [4.78, 5) is 19.7. The highest BCUT2D eigenvalue weighted by molar-refractivity contribution is 5.78. The van der Waals surface area contributed by atoms with Crippen LogP contribution in [0.25, 0.3) is 5.65 Å². The Kier molecular flexibility index (Phi) is 9.34. The largest absolute Gasteiger partial charge is 0.490 e. The van der Waals surface area contributed by atoms with E-state index in [1.165, 1.54) is 0 Å². The van der Waals surface area contributed by atoms with Crippen molar-refractivity contribution in [3.05, 3.63) is 64.5 Å². The van der Waals surface area contributed by atoms with Crippen LogP contribution < -0.4 is 9.64 Å². The predicted molar refractivity (Wildman–Crippen MR) is 168 cm³/mol. The number of hydrogen-bond acceptors (Lipinski definition) is 8. The molecule has 6 rings (SSSR count). The third-order valence-electron chi connectivity index (χ3n) is 8.15. The number of ether oxygens (including phenoxy) is 4. The Bertz CT molecular complexity index is 1520. The van der Waals surface area contributed by atoms with Gasteiger partial charge >= 0.3 is 5.97 Å². The van der Waals surface area contributed by atoms with Crippen LogP contribution in [0, 0.1) is 13.8 Å². The number of benzene rings is 1. The molecule has 1 N–H and O–H groups in total. The lowest BCUT2D eigenvalue weighted by Crippen LogP contribution is -2.45. The number of carboxylic acid groups (broad SMARTS) is 1. The molecule has 3 aromatic rings. The smallest absolute Gasteiger partial charge is 0.337 e. The lowest BCUT2D eigenvalue weighted by atomic mass is 9.92. The first-order valence-electron chi connectivity index (χ1n) is 15.5. The van der Waals surface area contributed by atoms with E-state index in [1.807, 2.05) is 45.9 Å². The Morgan fingerprint density at radius 3 is 2.59 bits per heavy atom. The van der Waals surface area contributed by atoms with Crippen LogP contribution in [0.5, 0.6) is 5.75 Å². The zero-order chi connectivity index (χ0) is 31.6. The number of hydrogen-bond donors (Lipinski definition) is 1. The van der Waals surface area contributed by atoms with E-state index in [9.17, 15) is 9.90 Å². The molecule has 3 aliphatic heterocycles. The maximum absolute atomic E-state index is 12.7. The molecule has 10 nitrogen and oxygen atoms in total. The van der Waals surface area contributed by atoms with Gasteiger partial charge in [-0.05, 0) is 67.4 Å². The maximum Gasteiger partial charge on any atom is 0.337 e. The van der Waals surface area contributed by atoms with Gasteiger partial charge in [0.1, 0.15) is 11.6 Å². The summed E-state index contributed by atoms with van der Waals surface area (Å²) in [5.41, 5.74) is 3.55. The summed E-state index contributed by atoms with van der Waals surface area (Å²) in [6.45, 7) is 16.1. The van der Waals surface area contributed by atoms with Crippen LogP contribution in [-0.2, 0) is 32.2 Å². The fourth-order valence-electron chi connectivity index (χ4n) is 5.84. The van der Waals surface area contributed by atoms with E-state index < -0.39 is 17.7 Å². The Morgan fingerprint density at radius 1 is 1.14 bits per heavy atom. The Balaban J connectivity index is 1.57. The molecule has 1 saturated heterocycles. The van der Waals surface area contributed by atoms with Crippen molar-refractivity contribution in [2.24, 2.45) is 0 Å². The van der Waals surface area contributed by atoms with Crippen LogP contribution in [0.2, 0.25) is 0 Å². The van der Waals surface area contributed by atoms with Crippen molar-refractivity contribution in [2.45, 2.75) is 104 Å². The van der Waals surface area contributed by atoms with E-state index in [1.54, 1.807) is 4.52 Å². The normalized spacial score (nSPS) is 23.2. The summed E-state index contributed by atoms with van der Waals surface area (Å²) in [6, 6.07) is 8.03. The van der Waals surface area contributed by atoms with Crippen LogP contribution in [0.4, 0.5) is 5.82 Å². The van der Waals surface area contributed by atoms with E-state index in [0.717, 1.165) is 36.1 Å². The van der Waals surface area contributed by atoms with E-state index in [-0.39, 0.29) is 18.3 Å². The van der Waals surface area contributed by atoms with Gasteiger partial charge in [-0.3, -0.25) is 0 Å². The van der Waals surface area contributed by atoms with Crippen LogP contribution in [0.1, 0.15) is 88.1 Å². The van der Waals surface area contributed by atoms with Crippen molar-refractivity contribution in [3.63, 3.8) is 0 Å². The minimum absolute atomic E-state index is 0.00520. The summed E-state index contributed by atoms with van der Waals surface area (Å²) < 4.78 is 26.8. The molecule has 0 saturated carbocycles. The topological polar surface area (TPSA) is 108 Å². The number of anilines is 1. The highest BCUT2D eigenvalue weighted by atomic mass is 16.5. The molecule has 4 bridgehead atoms. The maximum atomic E-state index is 12.7. The molecular formula is C34H46N4O6. The molecule has 2 atom stereocenters. The van der Waals surface area contributed by atoms with Gasteiger partial charge in [-0.1, -0.05) is 29.8 Å². The first-order chi connectivity index (χ1) is 20.8. The van der Waals surface area contributed by atoms with E-state index in [4.69, 9.17) is 29.0 Å². The molecule has 0 amide bonds. The highest BCUT2D eigenvalue weighted by Gasteiger charge is 2.37. The Labute approximate surface area is 260 Å². The van der Waals surface area contributed by atoms with Gasteiger partial charge in [0.15, 0.2) is 11.8 Å². The van der Waals surface area contributed by atoms with Crippen LogP contribution >= 0.6 is 0 Å². The standard InChI is InChI=1S/C34H46N4O6/c1-22-11-12-27-25(18-22)20-41-21-26-19-28-35-24(3)29(30(32(39)40)44-33(4,5)6)31(38(28)36-26)37-15-13-34(7,14-16-37)42-17-9-8-10-23(2)43-27/h8-9,11-12,18-19,23,30H,10,13-17,20-21H2,1-7H3,(H,39,40)/b9-8-/t23-,30-/m0/s1. The Hall–Kier alpha value is -3.47. The first-order valence-corrected chi connectivity index (χ1v) is 15.5. The molecule has 1 fully saturated rings. The second kappa shape index (κ2) is 12.9. The lowest BCUT2D eigenvalue weighted by molar-refractivity contribution is -0.160. The molecule has 0 spiro atoms. The number of fused-ring (bicyclic) bond motifs is 9. The number of nitrogens with zero attached hydrogens (tertiary/aromatic N) is 4. The van der Waals surface area contributed by atoms with Crippen molar-refractivity contribution in [1.82, 2.24) is 14.6 Å². The van der Waals surface area contributed by atoms with Gasteiger partial charge in [-0.2, -0.15) is 9.61 Å². The summed E-state index contributed by atoms with van der Waals surface area (Å²) in [7, 11) is 0. The second-order valence-electron chi connectivity index (χ2n) is 13.3. The molecule has 2 aromatic heterocycles. The minimum atomic E-state index is -1.21. The first kappa shape index (κ1) is 31.9. The molecule has 0 radical (unpaired) electrons. The molecule has 0 aliphatic carbocycles. The van der Waals surface area contributed by atoms with E-state index in [0.29, 0.717) is 54.7 Å². The lowest BCUT2D eigenvalue weighted by Gasteiger charge is -2.41. The van der Waals surface area contributed by atoms with E-state index in [2.05, 4.69) is 43.9 Å². The van der Waals surface area contributed by atoms with Crippen LogP contribution in [-0.4, -0.2) is 62.7 Å². The monoisotopic (exact) mass is 606 g/mol. The molecule has 5 heterocycles. The molecule has 10 heteroatoms. The van der Waals surface area contributed by atoms with Gasteiger partial charge < -0.3 is 29.0 Å². The van der Waals surface area contributed by atoms with Crippen molar-refractivity contribution in [3.8, 4) is 5.75 Å². The summed E-state index contributed by atoms with van der Waals surface area (Å²) in [6.07, 6.45) is 5.27. The van der Waals surface area contributed by atoms with Crippen LogP contribution in [0.3, 0.4) is 0 Å². The number of carbonyl (C=O) groups is 1. The SMILES string of the molecule is Cc1ccc2c(c1)COCc1cc3nc(C)c([C@H](OC(C)(C)C)C(=O)O)c(n3n1)N1CCC(C)(CC1)OC/C=C\C[C@H](C)O2. The molecular weight excluding hydrogens is 560 g/mol. The van der Waals surface area contributed by atoms with Gasteiger partial charge in [0.2, 0.25) is 0 Å². The number of carboxylic acids is 1. The van der Waals surface area contributed by atoms with Gasteiger partial charge in [0.05, 0.1) is 48.4 Å². The molecule has 238 valence electrons. The Morgan fingerprint density at radius 2 is 1.89 bits per heavy atom.